The summed E-state index contributed by atoms with van der Waals surface area (Å²) in [5, 5.41) is 7.94. The maximum Gasteiger partial charge on any atom is 0.252 e. The zero-order valence-corrected chi connectivity index (χ0v) is 17.7. The fourth-order valence-corrected chi connectivity index (χ4v) is 3.32. The Kier molecular flexibility index (Phi) is 5.34. The molecule has 0 aliphatic carbocycles. The number of fused-ring (bicyclic) bond motifs is 1. The number of halogens is 1. The molecule has 0 unspecified atom stereocenters. The summed E-state index contributed by atoms with van der Waals surface area (Å²) in [7, 11) is 0. The number of nitrogens with zero attached hydrogens (tertiary/aromatic N) is 4. The molecule has 2 aromatic heterocycles. The van der Waals surface area contributed by atoms with Gasteiger partial charge in [0, 0.05) is 23.9 Å². The topological polar surface area (TPSA) is 91.2 Å². The van der Waals surface area contributed by atoms with Crippen LogP contribution in [-0.2, 0) is 16.6 Å². The first-order valence-corrected chi connectivity index (χ1v) is 9.95. The number of hydrogen-bond donors (Lipinski definition) is 1. The van der Waals surface area contributed by atoms with Crippen LogP contribution >= 0.6 is 11.6 Å². The Hall–Kier alpha value is -3.13. The number of amides is 1. The molecule has 0 fully saturated rings. The molecule has 0 saturated heterocycles. The normalized spacial score (nSPS) is 13.2. The second-order valence-electron chi connectivity index (χ2n) is 7.95. The molecule has 4 rings (SSSR count). The van der Waals surface area contributed by atoms with Gasteiger partial charge in [0.1, 0.15) is 19.0 Å². The number of rotatable bonds is 4. The second kappa shape index (κ2) is 7.95. The van der Waals surface area contributed by atoms with E-state index >= 15 is 0 Å². The average Bonchev–Trinajstić information content (AvgIpc) is 3.13. The molecule has 3 aromatic rings. The van der Waals surface area contributed by atoms with Crippen molar-refractivity contribution in [2.24, 2.45) is 0 Å². The van der Waals surface area contributed by atoms with Gasteiger partial charge in [-0.3, -0.25) is 4.79 Å². The fourth-order valence-electron chi connectivity index (χ4n) is 3.03. The average molecular weight is 428 g/mol. The van der Waals surface area contributed by atoms with E-state index in [2.05, 4.69) is 20.4 Å². The van der Waals surface area contributed by atoms with Gasteiger partial charge in [0.2, 0.25) is 5.91 Å². The van der Waals surface area contributed by atoms with E-state index in [1.165, 1.54) is 4.68 Å². The van der Waals surface area contributed by atoms with Gasteiger partial charge in [0.15, 0.2) is 11.5 Å². The summed E-state index contributed by atoms with van der Waals surface area (Å²) in [6.45, 7) is 7.05. The summed E-state index contributed by atoms with van der Waals surface area (Å²) >= 11 is 6.28. The van der Waals surface area contributed by atoms with Gasteiger partial charge in [-0.2, -0.15) is 9.78 Å². The van der Waals surface area contributed by atoms with Crippen molar-refractivity contribution in [3.63, 3.8) is 0 Å². The third kappa shape index (κ3) is 4.23. The molecule has 1 amide bonds. The summed E-state index contributed by atoms with van der Waals surface area (Å²) < 4.78 is 12.7. The summed E-state index contributed by atoms with van der Waals surface area (Å²) in [4.78, 5) is 21.3. The van der Waals surface area contributed by atoms with Crippen molar-refractivity contribution in [1.29, 1.82) is 0 Å². The summed E-state index contributed by atoms with van der Waals surface area (Å²) in [5.41, 5.74) is 1.33. The minimum Gasteiger partial charge on any atom is -0.486 e. The Labute approximate surface area is 179 Å². The number of nitrogens with one attached hydrogen (secondary N) is 1. The molecule has 9 heteroatoms. The number of aromatic nitrogens is 4. The molecule has 0 bridgehead atoms. The zero-order chi connectivity index (χ0) is 21.3. The van der Waals surface area contributed by atoms with Gasteiger partial charge in [-0.25, -0.2) is 9.97 Å². The monoisotopic (exact) mass is 427 g/mol. The molecule has 1 aromatic carbocycles. The van der Waals surface area contributed by atoms with Crippen LogP contribution in [0.25, 0.3) is 5.95 Å². The highest BCUT2D eigenvalue weighted by Crippen LogP contribution is 2.38. The molecule has 1 N–H and O–H groups in total. The largest absolute Gasteiger partial charge is 0.486 e. The van der Waals surface area contributed by atoms with Crippen molar-refractivity contribution in [3.05, 3.63) is 52.9 Å². The molecular formula is C21H22ClN5O3. The third-order valence-corrected chi connectivity index (χ3v) is 4.79. The van der Waals surface area contributed by atoms with Crippen LogP contribution in [0.3, 0.4) is 0 Å². The Bertz CT molecular complexity index is 1080. The molecule has 0 spiro atoms. The lowest BCUT2D eigenvalue weighted by Gasteiger charge is -2.20. The van der Waals surface area contributed by atoms with Crippen LogP contribution in [0.2, 0.25) is 5.02 Å². The summed E-state index contributed by atoms with van der Waals surface area (Å²) in [5.74, 6) is 1.72. The molecule has 0 saturated carbocycles. The number of hydrogen-bond acceptors (Lipinski definition) is 6. The van der Waals surface area contributed by atoms with Crippen molar-refractivity contribution >= 4 is 23.3 Å². The Morgan fingerprint density at radius 2 is 1.90 bits per heavy atom. The van der Waals surface area contributed by atoms with Gasteiger partial charge in [0.05, 0.1) is 17.1 Å². The number of benzene rings is 1. The van der Waals surface area contributed by atoms with Crippen LogP contribution in [0, 0.1) is 0 Å². The maximum atomic E-state index is 12.8. The number of anilines is 1. The van der Waals surface area contributed by atoms with Gasteiger partial charge >= 0.3 is 0 Å². The van der Waals surface area contributed by atoms with Crippen LogP contribution in [0.15, 0.2) is 36.7 Å². The van der Waals surface area contributed by atoms with Crippen LogP contribution in [0.4, 0.5) is 5.82 Å². The molecule has 0 radical (unpaired) electrons. The SMILES string of the molecule is CC(C)(C)c1cc(NC(=O)Cc2cc(Cl)c3c(c2)OCCO3)n(-c2ncccn2)n1. The molecule has 0 atom stereocenters. The molecule has 156 valence electrons. The molecular weight excluding hydrogens is 406 g/mol. The number of carbonyl (C=O) groups is 1. The van der Waals surface area contributed by atoms with E-state index in [9.17, 15) is 4.79 Å². The highest BCUT2D eigenvalue weighted by Gasteiger charge is 2.23. The first-order valence-electron chi connectivity index (χ1n) is 9.57. The Morgan fingerprint density at radius 3 is 2.63 bits per heavy atom. The van der Waals surface area contributed by atoms with Gasteiger partial charge in [-0.1, -0.05) is 32.4 Å². The minimum atomic E-state index is -0.222. The highest BCUT2D eigenvalue weighted by atomic mass is 35.5. The van der Waals surface area contributed by atoms with E-state index in [1.54, 1.807) is 30.6 Å². The van der Waals surface area contributed by atoms with Crippen molar-refractivity contribution in [3.8, 4) is 17.4 Å². The summed E-state index contributed by atoms with van der Waals surface area (Å²) in [6, 6.07) is 7.05. The lowest BCUT2D eigenvalue weighted by Crippen LogP contribution is -2.19. The van der Waals surface area contributed by atoms with Crippen molar-refractivity contribution < 1.29 is 14.3 Å². The maximum absolute atomic E-state index is 12.8. The molecule has 1 aliphatic heterocycles. The van der Waals surface area contributed by atoms with Crippen molar-refractivity contribution in [2.45, 2.75) is 32.6 Å². The summed E-state index contributed by atoms with van der Waals surface area (Å²) in [6.07, 6.45) is 3.37. The number of carbonyl (C=O) groups excluding carboxylic acids is 1. The molecule has 30 heavy (non-hydrogen) atoms. The van der Waals surface area contributed by atoms with Gasteiger partial charge in [-0.15, -0.1) is 0 Å². The van der Waals surface area contributed by atoms with Gasteiger partial charge < -0.3 is 14.8 Å². The van der Waals surface area contributed by atoms with E-state index in [-0.39, 0.29) is 17.7 Å². The van der Waals surface area contributed by atoms with Crippen LogP contribution < -0.4 is 14.8 Å². The Balaban J connectivity index is 1.59. The van der Waals surface area contributed by atoms with Crippen molar-refractivity contribution in [1.82, 2.24) is 19.7 Å². The lowest BCUT2D eigenvalue weighted by atomic mass is 9.92. The standard InChI is InChI=1S/C21H22ClN5O3/c1-21(2,3)16-12-17(27(26-16)20-23-5-4-6-24-20)25-18(28)11-13-9-14(22)19-15(10-13)29-7-8-30-19/h4-6,9-10,12H,7-8,11H2,1-3H3,(H,25,28). The van der Waals surface area contributed by atoms with E-state index in [4.69, 9.17) is 21.1 Å². The second-order valence-corrected chi connectivity index (χ2v) is 8.36. The van der Waals surface area contributed by atoms with Crippen molar-refractivity contribution in [2.75, 3.05) is 18.5 Å². The fraction of sp³-hybridized carbons (Fsp3) is 0.333. The lowest BCUT2D eigenvalue weighted by molar-refractivity contribution is -0.115. The van der Waals surface area contributed by atoms with E-state index in [0.29, 0.717) is 41.5 Å². The van der Waals surface area contributed by atoms with Gasteiger partial charge in [-0.05, 0) is 23.8 Å². The predicted molar refractivity (Wildman–Crippen MR) is 113 cm³/mol. The van der Waals surface area contributed by atoms with E-state index in [1.807, 2.05) is 26.8 Å². The quantitative estimate of drug-likeness (QED) is 0.684. The first-order chi connectivity index (χ1) is 14.3. The Morgan fingerprint density at radius 1 is 1.17 bits per heavy atom. The molecule has 3 heterocycles. The molecule has 8 nitrogen and oxygen atoms in total. The van der Waals surface area contributed by atoms with Crippen LogP contribution in [0.1, 0.15) is 32.0 Å². The smallest absolute Gasteiger partial charge is 0.252 e. The third-order valence-electron chi connectivity index (χ3n) is 4.51. The van der Waals surface area contributed by atoms with Crippen LogP contribution in [-0.4, -0.2) is 38.9 Å². The van der Waals surface area contributed by atoms with E-state index < -0.39 is 0 Å². The molecule has 1 aliphatic rings. The first kappa shape index (κ1) is 20.2. The minimum absolute atomic E-state index is 0.113. The predicted octanol–water partition coefficient (Wildman–Crippen LogP) is 3.57. The van der Waals surface area contributed by atoms with Crippen LogP contribution in [0.5, 0.6) is 11.5 Å². The highest BCUT2D eigenvalue weighted by molar-refractivity contribution is 6.32. The van der Waals surface area contributed by atoms with E-state index in [0.717, 1.165) is 11.3 Å². The number of ether oxygens (including phenoxy) is 2. The zero-order valence-electron chi connectivity index (χ0n) is 17.0. The van der Waals surface area contributed by atoms with Gasteiger partial charge in [0.25, 0.3) is 5.95 Å².